The Bertz CT molecular complexity index is 590. The molecule has 2 rings (SSSR count). The van der Waals surface area contributed by atoms with Crippen LogP contribution < -0.4 is 5.46 Å². The summed E-state index contributed by atoms with van der Waals surface area (Å²) < 4.78 is 13.1. The maximum absolute atomic E-state index is 13.1. The molecule has 0 aliphatic heterocycles. The maximum atomic E-state index is 13.1. The van der Waals surface area contributed by atoms with Crippen LogP contribution >= 0.6 is 11.8 Å². The molecule has 0 bridgehead atoms. The van der Waals surface area contributed by atoms with Crippen LogP contribution in [0.3, 0.4) is 0 Å². The third kappa shape index (κ3) is 3.85. The Morgan fingerprint density at radius 2 is 1.75 bits per heavy atom. The lowest BCUT2D eigenvalue weighted by Crippen LogP contribution is -2.33. The molecule has 0 heterocycles. The van der Waals surface area contributed by atoms with E-state index in [0.29, 0.717) is 5.75 Å². The molecule has 2 aromatic carbocycles. The van der Waals surface area contributed by atoms with E-state index in [4.69, 9.17) is 0 Å². The van der Waals surface area contributed by atoms with E-state index >= 15 is 0 Å². The van der Waals surface area contributed by atoms with Crippen molar-refractivity contribution in [1.29, 1.82) is 0 Å². The van der Waals surface area contributed by atoms with Gasteiger partial charge in [0.15, 0.2) is 0 Å². The number of hydrogen-bond donors (Lipinski definition) is 2. The zero-order chi connectivity index (χ0) is 14.5. The van der Waals surface area contributed by atoms with Crippen LogP contribution in [0.25, 0.3) is 0 Å². The highest BCUT2D eigenvalue weighted by Crippen LogP contribution is 2.19. The summed E-state index contributed by atoms with van der Waals surface area (Å²) in [5, 5.41) is 18.5. The van der Waals surface area contributed by atoms with Crippen LogP contribution in [-0.2, 0) is 11.5 Å². The average molecular weight is 290 g/mol. The standard InChI is InChI=1S/C15H16BFO2S/c1-11-4-2-3-5-12(11)9-20-10-13-6-7-14(17)8-15(13)16(18)19/h2-8,18-19H,9-10H2,1H3. The minimum absolute atomic E-state index is 0.238. The van der Waals surface area contributed by atoms with E-state index in [9.17, 15) is 14.4 Å². The van der Waals surface area contributed by atoms with Gasteiger partial charge in [-0.2, -0.15) is 11.8 Å². The molecule has 0 aliphatic rings. The van der Waals surface area contributed by atoms with Gasteiger partial charge in [-0.05, 0) is 41.2 Å². The Morgan fingerprint density at radius 3 is 2.45 bits per heavy atom. The Labute approximate surface area is 122 Å². The first-order chi connectivity index (χ1) is 9.58. The summed E-state index contributed by atoms with van der Waals surface area (Å²) in [5.74, 6) is 0.993. The molecule has 0 spiro atoms. The zero-order valence-electron chi connectivity index (χ0n) is 11.2. The number of hydrogen-bond acceptors (Lipinski definition) is 3. The summed E-state index contributed by atoms with van der Waals surface area (Å²) in [5.41, 5.74) is 3.48. The second kappa shape index (κ2) is 6.93. The molecular formula is C15H16BFO2S. The maximum Gasteiger partial charge on any atom is 0.488 e. The van der Waals surface area contributed by atoms with Crippen LogP contribution in [0.1, 0.15) is 16.7 Å². The molecule has 0 saturated carbocycles. The van der Waals surface area contributed by atoms with E-state index in [1.165, 1.54) is 23.3 Å². The van der Waals surface area contributed by atoms with Crippen molar-refractivity contribution in [3.8, 4) is 0 Å². The fourth-order valence-electron chi connectivity index (χ4n) is 1.98. The predicted octanol–water partition coefficient (Wildman–Crippen LogP) is 2.25. The van der Waals surface area contributed by atoms with Crippen molar-refractivity contribution < 1.29 is 14.4 Å². The molecule has 5 heteroatoms. The molecule has 2 N–H and O–H groups in total. The Balaban J connectivity index is 2.03. The Morgan fingerprint density at radius 1 is 1.05 bits per heavy atom. The van der Waals surface area contributed by atoms with Gasteiger partial charge in [-0.1, -0.05) is 30.3 Å². The number of thioether (sulfide) groups is 1. The summed E-state index contributed by atoms with van der Waals surface area (Å²) in [6.45, 7) is 2.07. The lowest BCUT2D eigenvalue weighted by Gasteiger charge is -2.10. The number of rotatable bonds is 5. The number of aryl methyl sites for hydroxylation is 1. The molecule has 20 heavy (non-hydrogen) atoms. The van der Waals surface area contributed by atoms with Crippen molar-refractivity contribution in [3.05, 3.63) is 65.0 Å². The first-order valence-electron chi connectivity index (χ1n) is 6.34. The lowest BCUT2D eigenvalue weighted by atomic mass is 9.77. The van der Waals surface area contributed by atoms with Crippen LogP contribution in [-0.4, -0.2) is 17.2 Å². The summed E-state index contributed by atoms with van der Waals surface area (Å²) >= 11 is 1.67. The molecular weight excluding hydrogens is 274 g/mol. The Kier molecular flexibility index (Phi) is 5.23. The molecule has 2 nitrogen and oxygen atoms in total. The first-order valence-corrected chi connectivity index (χ1v) is 7.50. The molecule has 0 radical (unpaired) electrons. The van der Waals surface area contributed by atoms with Crippen molar-refractivity contribution >= 4 is 24.3 Å². The highest BCUT2D eigenvalue weighted by atomic mass is 32.2. The molecule has 0 fully saturated rings. The summed E-state index contributed by atoms with van der Waals surface area (Å²) in [6.07, 6.45) is 0. The monoisotopic (exact) mass is 290 g/mol. The Hall–Kier alpha value is -1.30. The van der Waals surface area contributed by atoms with Crippen molar-refractivity contribution in [1.82, 2.24) is 0 Å². The molecule has 0 atom stereocenters. The normalized spacial score (nSPS) is 10.6. The average Bonchev–Trinajstić information content (AvgIpc) is 2.42. The van der Waals surface area contributed by atoms with Gasteiger partial charge in [0.1, 0.15) is 5.82 Å². The van der Waals surface area contributed by atoms with Gasteiger partial charge in [-0.25, -0.2) is 4.39 Å². The van der Waals surface area contributed by atoms with Crippen LogP contribution in [0.5, 0.6) is 0 Å². The van der Waals surface area contributed by atoms with E-state index in [1.54, 1.807) is 17.8 Å². The molecule has 0 saturated heterocycles. The van der Waals surface area contributed by atoms with E-state index in [2.05, 4.69) is 19.1 Å². The van der Waals surface area contributed by atoms with Crippen molar-refractivity contribution in [2.45, 2.75) is 18.4 Å². The minimum Gasteiger partial charge on any atom is -0.423 e. The van der Waals surface area contributed by atoms with Crippen molar-refractivity contribution in [2.75, 3.05) is 0 Å². The van der Waals surface area contributed by atoms with Gasteiger partial charge in [-0.15, -0.1) is 0 Å². The van der Waals surface area contributed by atoms with Crippen LogP contribution in [0.15, 0.2) is 42.5 Å². The van der Waals surface area contributed by atoms with E-state index in [1.807, 2.05) is 12.1 Å². The van der Waals surface area contributed by atoms with E-state index < -0.39 is 12.9 Å². The van der Waals surface area contributed by atoms with Crippen molar-refractivity contribution in [2.24, 2.45) is 0 Å². The lowest BCUT2D eigenvalue weighted by molar-refractivity contribution is 0.425. The molecule has 0 aromatic heterocycles. The zero-order valence-corrected chi connectivity index (χ0v) is 12.0. The summed E-state index contributed by atoms with van der Waals surface area (Å²) in [7, 11) is -1.64. The molecule has 104 valence electrons. The number of halogens is 1. The van der Waals surface area contributed by atoms with Gasteiger partial charge in [0.05, 0.1) is 0 Å². The summed E-state index contributed by atoms with van der Waals surface area (Å²) in [4.78, 5) is 0. The third-order valence-electron chi connectivity index (χ3n) is 3.16. The van der Waals surface area contributed by atoms with Gasteiger partial charge in [0, 0.05) is 11.5 Å². The molecule has 0 unspecified atom stereocenters. The van der Waals surface area contributed by atoms with E-state index in [-0.39, 0.29) is 5.46 Å². The SMILES string of the molecule is Cc1ccccc1CSCc1ccc(F)cc1B(O)O. The van der Waals surface area contributed by atoms with E-state index in [0.717, 1.165) is 11.3 Å². The van der Waals surface area contributed by atoms with Crippen LogP contribution in [0.2, 0.25) is 0 Å². The second-order valence-corrected chi connectivity index (χ2v) is 5.62. The van der Waals surface area contributed by atoms with Gasteiger partial charge in [0.2, 0.25) is 0 Å². The van der Waals surface area contributed by atoms with Gasteiger partial charge < -0.3 is 10.0 Å². The van der Waals surface area contributed by atoms with Gasteiger partial charge in [-0.3, -0.25) is 0 Å². The fourth-order valence-corrected chi connectivity index (χ4v) is 3.11. The smallest absolute Gasteiger partial charge is 0.423 e. The molecule has 2 aromatic rings. The van der Waals surface area contributed by atoms with Crippen molar-refractivity contribution in [3.63, 3.8) is 0 Å². The van der Waals surface area contributed by atoms with Crippen LogP contribution in [0.4, 0.5) is 4.39 Å². The predicted molar refractivity (Wildman–Crippen MR) is 82.4 cm³/mol. The molecule has 0 amide bonds. The second-order valence-electron chi connectivity index (χ2n) is 4.64. The first kappa shape index (κ1) is 15.1. The highest BCUT2D eigenvalue weighted by molar-refractivity contribution is 7.97. The largest absolute Gasteiger partial charge is 0.488 e. The fraction of sp³-hybridized carbons (Fsp3) is 0.200. The highest BCUT2D eigenvalue weighted by Gasteiger charge is 2.16. The minimum atomic E-state index is -1.64. The van der Waals surface area contributed by atoms with Gasteiger partial charge in [0.25, 0.3) is 0 Å². The summed E-state index contributed by atoms with van der Waals surface area (Å²) in [6, 6.07) is 12.3. The third-order valence-corrected chi connectivity index (χ3v) is 4.19. The van der Waals surface area contributed by atoms with Gasteiger partial charge >= 0.3 is 7.12 Å². The number of benzene rings is 2. The molecule has 0 aliphatic carbocycles. The quantitative estimate of drug-likeness (QED) is 0.830. The van der Waals surface area contributed by atoms with Crippen LogP contribution in [0, 0.1) is 12.7 Å². The topological polar surface area (TPSA) is 40.5 Å².